The van der Waals surface area contributed by atoms with Crippen molar-refractivity contribution in [2.45, 2.75) is 39.2 Å². The molecule has 70 valence electrons. The topological polar surface area (TPSA) is 12.0 Å². The molecular weight excluding hydrogens is 158 g/mol. The van der Waals surface area contributed by atoms with Crippen LogP contribution in [0.15, 0.2) is 18.2 Å². The number of benzene rings is 1. The zero-order chi connectivity index (χ0) is 9.26. The number of nitrogens with one attached hydrogen (secondary N) is 1. The van der Waals surface area contributed by atoms with Crippen LogP contribution >= 0.6 is 0 Å². The van der Waals surface area contributed by atoms with Crippen molar-refractivity contribution in [3.8, 4) is 0 Å². The van der Waals surface area contributed by atoms with E-state index >= 15 is 0 Å². The van der Waals surface area contributed by atoms with Gasteiger partial charge >= 0.3 is 0 Å². The van der Waals surface area contributed by atoms with Gasteiger partial charge in [0.25, 0.3) is 0 Å². The zero-order valence-corrected chi connectivity index (χ0v) is 8.43. The molecule has 2 rings (SSSR count). The molecule has 13 heavy (non-hydrogen) atoms. The van der Waals surface area contributed by atoms with Gasteiger partial charge in [0, 0.05) is 11.7 Å². The molecule has 1 nitrogen and oxygen atoms in total. The zero-order valence-electron chi connectivity index (χ0n) is 8.43. The largest absolute Gasteiger partial charge is 0.382 e. The fourth-order valence-corrected chi connectivity index (χ4v) is 1.75. The SMILES string of the molecule is Cc1ccc(NC2CCC2)c(C)c1. The molecule has 0 atom stereocenters. The first kappa shape index (κ1) is 8.61. The van der Waals surface area contributed by atoms with Crippen molar-refractivity contribution in [2.24, 2.45) is 0 Å². The van der Waals surface area contributed by atoms with Crippen molar-refractivity contribution in [3.05, 3.63) is 29.3 Å². The summed E-state index contributed by atoms with van der Waals surface area (Å²) in [5.41, 5.74) is 4.03. The number of rotatable bonds is 2. The molecule has 1 aromatic rings. The molecule has 0 radical (unpaired) electrons. The highest BCUT2D eigenvalue weighted by atomic mass is 14.9. The third-order valence-electron chi connectivity index (χ3n) is 2.85. The van der Waals surface area contributed by atoms with Gasteiger partial charge in [0.05, 0.1) is 0 Å². The summed E-state index contributed by atoms with van der Waals surface area (Å²) in [7, 11) is 0. The predicted octanol–water partition coefficient (Wildman–Crippen LogP) is 3.27. The van der Waals surface area contributed by atoms with Crippen LogP contribution < -0.4 is 5.32 Å². The van der Waals surface area contributed by atoms with E-state index < -0.39 is 0 Å². The van der Waals surface area contributed by atoms with Gasteiger partial charge in [0.2, 0.25) is 0 Å². The van der Waals surface area contributed by atoms with Gasteiger partial charge in [-0.3, -0.25) is 0 Å². The Morgan fingerprint density at radius 3 is 2.54 bits per heavy atom. The maximum absolute atomic E-state index is 3.57. The lowest BCUT2D eigenvalue weighted by molar-refractivity contribution is 0.445. The van der Waals surface area contributed by atoms with E-state index in [1.807, 2.05) is 0 Å². The molecule has 1 aliphatic carbocycles. The van der Waals surface area contributed by atoms with E-state index in [4.69, 9.17) is 0 Å². The lowest BCUT2D eigenvalue weighted by Gasteiger charge is -2.28. The van der Waals surface area contributed by atoms with Gasteiger partial charge in [-0.15, -0.1) is 0 Å². The average Bonchev–Trinajstić information content (AvgIpc) is 1.99. The lowest BCUT2D eigenvalue weighted by atomic mass is 9.92. The first-order chi connectivity index (χ1) is 6.25. The predicted molar refractivity (Wildman–Crippen MR) is 57.2 cm³/mol. The van der Waals surface area contributed by atoms with Crippen LogP contribution in [-0.2, 0) is 0 Å². The molecule has 0 amide bonds. The molecule has 0 bridgehead atoms. The standard InChI is InChI=1S/C12H17N/c1-9-6-7-12(10(2)8-9)13-11-4-3-5-11/h6-8,11,13H,3-5H2,1-2H3. The van der Waals surface area contributed by atoms with Gasteiger partial charge in [-0.05, 0) is 44.7 Å². The highest BCUT2D eigenvalue weighted by molar-refractivity contribution is 5.52. The minimum atomic E-state index is 0.737. The smallest absolute Gasteiger partial charge is 0.0372 e. The van der Waals surface area contributed by atoms with E-state index in [1.54, 1.807) is 0 Å². The quantitative estimate of drug-likeness (QED) is 0.727. The van der Waals surface area contributed by atoms with Gasteiger partial charge < -0.3 is 5.32 Å². The first-order valence-electron chi connectivity index (χ1n) is 5.09. The summed E-state index contributed by atoms with van der Waals surface area (Å²) in [6.45, 7) is 4.31. The normalized spacial score (nSPS) is 16.8. The molecule has 0 saturated heterocycles. The van der Waals surface area contributed by atoms with E-state index in [2.05, 4.69) is 37.4 Å². The Morgan fingerprint density at radius 1 is 1.23 bits per heavy atom. The molecule has 0 unspecified atom stereocenters. The van der Waals surface area contributed by atoms with Crippen LogP contribution in [-0.4, -0.2) is 6.04 Å². The highest BCUT2D eigenvalue weighted by Gasteiger charge is 2.17. The maximum atomic E-state index is 3.57. The Labute approximate surface area is 80.2 Å². The molecule has 1 aromatic carbocycles. The highest BCUT2D eigenvalue weighted by Crippen LogP contribution is 2.25. The molecule has 1 heteroatoms. The molecule has 0 aliphatic heterocycles. The van der Waals surface area contributed by atoms with Crippen LogP contribution in [0.25, 0.3) is 0 Å². The average molecular weight is 175 g/mol. The molecule has 1 saturated carbocycles. The Kier molecular flexibility index (Phi) is 2.26. The van der Waals surface area contributed by atoms with Crippen molar-refractivity contribution in [1.82, 2.24) is 0 Å². The van der Waals surface area contributed by atoms with Gasteiger partial charge in [0.15, 0.2) is 0 Å². The van der Waals surface area contributed by atoms with Crippen LogP contribution in [0.1, 0.15) is 30.4 Å². The second kappa shape index (κ2) is 3.41. The fourth-order valence-electron chi connectivity index (χ4n) is 1.75. The van der Waals surface area contributed by atoms with Gasteiger partial charge in [0.1, 0.15) is 0 Å². The van der Waals surface area contributed by atoms with Crippen molar-refractivity contribution in [1.29, 1.82) is 0 Å². The Morgan fingerprint density at radius 2 is 2.00 bits per heavy atom. The van der Waals surface area contributed by atoms with Crippen molar-refractivity contribution in [3.63, 3.8) is 0 Å². The fraction of sp³-hybridized carbons (Fsp3) is 0.500. The molecular formula is C12H17N. The Bertz CT molecular complexity index is 300. The van der Waals surface area contributed by atoms with Gasteiger partial charge in [-0.2, -0.15) is 0 Å². The summed E-state index contributed by atoms with van der Waals surface area (Å²) in [6.07, 6.45) is 4.07. The summed E-state index contributed by atoms with van der Waals surface area (Å²) >= 11 is 0. The third-order valence-corrected chi connectivity index (χ3v) is 2.85. The maximum Gasteiger partial charge on any atom is 0.0372 e. The van der Waals surface area contributed by atoms with E-state index in [-0.39, 0.29) is 0 Å². The molecule has 0 heterocycles. The van der Waals surface area contributed by atoms with Crippen molar-refractivity contribution < 1.29 is 0 Å². The Hall–Kier alpha value is -0.980. The van der Waals surface area contributed by atoms with E-state index in [1.165, 1.54) is 36.1 Å². The molecule has 0 aromatic heterocycles. The van der Waals surface area contributed by atoms with Crippen LogP contribution in [0, 0.1) is 13.8 Å². The number of aryl methyl sites for hydroxylation is 2. The molecule has 1 N–H and O–H groups in total. The van der Waals surface area contributed by atoms with Crippen LogP contribution in [0.3, 0.4) is 0 Å². The molecule has 1 aliphatic rings. The van der Waals surface area contributed by atoms with Crippen LogP contribution in [0.2, 0.25) is 0 Å². The second-order valence-electron chi connectivity index (χ2n) is 4.09. The number of anilines is 1. The third kappa shape index (κ3) is 1.85. The van der Waals surface area contributed by atoms with Gasteiger partial charge in [-0.1, -0.05) is 17.7 Å². The minimum absolute atomic E-state index is 0.737. The summed E-state index contributed by atoms with van der Waals surface area (Å²) < 4.78 is 0. The lowest BCUT2D eigenvalue weighted by Crippen LogP contribution is -2.27. The monoisotopic (exact) mass is 175 g/mol. The van der Waals surface area contributed by atoms with E-state index in [9.17, 15) is 0 Å². The second-order valence-corrected chi connectivity index (χ2v) is 4.09. The summed E-state index contributed by atoms with van der Waals surface area (Å²) in [5, 5.41) is 3.57. The van der Waals surface area contributed by atoms with E-state index in [0.717, 1.165) is 6.04 Å². The molecule has 0 spiro atoms. The summed E-state index contributed by atoms with van der Waals surface area (Å²) in [6, 6.07) is 7.35. The van der Waals surface area contributed by atoms with E-state index in [0.29, 0.717) is 0 Å². The first-order valence-corrected chi connectivity index (χ1v) is 5.09. The molecule has 1 fully saturated rings. The number of hydrogen-bond acceptors (Lipinski definition) is 1. The van der Waals surface area contributed by atoms with Crippen LogP contribution in [0.4, 0.5) is 5.69 Å². The number of hydrogen-bond donors (Lipinski definition) is 1. The minimum Gasteiger partial charge on any atom is -0.382 e. The summed E-state index contributed by atoms with van der Waals surface area (Å²) in [4.78, 5) is 0. The van der Waals surface area contributed by atoms with Crippen LogP contribution in [0.5, 0.6) is 0 Å². The summed E-state index contributed by atoms with van der Waals surface area (Å²) in [5.74, 6) is 0. The van der Waals surface area contributed by atoms with Crippen molar-refractivity contribution in [2.75, 3.05) is 5.32 Å². The van der Waals surface area contributed by atoms with Crippen molar-refractivity contribution >= 4 is 5.69 Å². The Balaban J connectivity index is 2.10. The van der Waals surface area contributed by atoms with Gasteiger partial charge in [-0.25, -0.2) is 0 Å².